The fraction of sp³-hybridized carbons (Fsp3) is 0.350. The topological polar surface area (TPSA) is 64.3 Å². The van der Waals surface area contributed by atoms with Crippen LogP contribution in [0.5, 0.6) is 5.75 Å². The SMILES string of the molecule is COc1ccccc1-c1cccc(NC(=O)CCCCCCN)c1.Cl. The van der Waals surface area contributed by atoms with Gasteiger partial charge in [-0.05, 0) is 43.1 Å². The number of anilines is 1. The summed E-state index contributed by atoms with van der Waals surface area (Å²) in [5, 5.41) is 2.98. The third-order valence-electron chi connectivity index (χ3n) is 3.92. The molecule has 0 aliphatic heterocycles. The van der Waals surface area contributed by atoms with Gasteiger partial charge in [-0.1, -0.05) is 43.2 Å². The second kappa shape index (κ2) is 11.5. The summed E-state index contributed by atoms with van der Waals surface area (Å²) in [7, 11) is 1.66. The number of hydrogen-bond acceptors (Lipinski definition) is 3. The van der Waals surface area contributed by atoms with Crippen LogP contribution >= 0.6 is 12.4 Å². The first kappa shape index (κ1) is 21.0. The monoisotopic (exact) mass is 362 g/mol. The highest BCUT2D eigenvalue weighted by Gasteiger charge is 2.07. The smallest absolute Gasteiger partial charge is 0.224 e. The van der Waals surface area contributed by atoms with Crippen molar-refractivity contribution in [1.82, 2.24) is 0 Å². The van der Waals surface area contributed by atoms with Crippen LogP contribution < -0.4 is 15.8 Å². The van der Waals surface area contributed by atoms with E-state index in [2.05, 4.69) is 5.32 Å². The van der Waals surface area contributed by atoms with Crippen LogP contribution in [0.25, 0.3) is 11.1 Å². The number of benzene rings is 2. The zero-order valence-electron chi connectivity index (χ0n) is 14.7. The predicted octanol–water partition coefficient (Wildman–Crippen LogP) is 4.63. The zero-order valence-corrected chi connectivity index (χ0v) is 15.5. The van der Waals surface area contributed by atoms with Crippen molar-refractivity contribution in [1.29, 1.82) is 0 Å². The van der Waals surface area contributed by atoms with E-state index < -0.39 is 0 Å². The number of unbranched alkanes of at least 4 members (excludes halogenated alkanes) is 3. The summed E-state index contributed by atoms with van der Waals surface area (Å²) in [6, 6.07) is 15.7. The second-order valence-electron chi connectivity index (χ2n) is 5.78. The van der Waals surface area contributed by atoms with Crippen LogP contribution in [0.4, 0.5) is 5.69 Å². The Morgan fingerprint density at radius 2 is 1.80 bits per heavy atom. The van der Waals surface area contributed by atoms with Crippen molar-refractivity contribution in [3.8, 4) is 16.9 Å². The van der Waals surface area contributed by atoms with Crippen molar-refractivity contribution in [3.63, 3.8) is 0 Å². The first-order chi connectivity index (χ1) is 11.7. The minimum Gasteiger partial charge on any atom is -0.496 e. The Morgan fingerprint density at radius 1 is 1.04 bits per heavy atom. The van der Waals surface area contributed by atoms with Crippen molar-refractivity contribution in [3.05, 3.63) is 48.5 Å². The molecule has 0 unspecified atom stereocenters. The third-order valence-corrected chi connectivity index (χ3v) is 3.92. The summed E-state index contributed by atoms with van der Waals surface area (Å²) in [6.07, 6.45) is 4.61. The Bertz CT molecular complexity index is 662. The Balaban J connectivity index is 0.00000312. The predicted molar refractivity (Wildman–Crippen MR) is 106 cm³/mol. The molecule has 25 heavy (non-hydrogen) atoms. The quantitative estimate of drug-likeness (QED) is 0.639. The molecule has 0 atom stereocenters. The Hall–Kier alpha value is -2.04. The number of hydrogen-bond donors (Lipinski definition) is 2. The largest absolute Gasteiger partial charge is 0.496 e. The van der Waals surface area contributed by atoms with Crippen molar-refractivity contribution < 1.29 is 9.53 Å². The first-order valence-electron chi connectivity index (χ1n) is 8.48. The van der Waals surface area contributed by atoms with Crippen LogP contribution in [-0.2, 0) is 4.79 Å². The van der Waals surface area contributed by atoms with Gasteiger partial charge in [-0.2, -0.15) is 0 Å². The molecule has 4 nitrogen and oxygen atoms in total. The van der Waals surface area contributed by atoms with Gasteiger partial charge in [-0.3, -0.25) is 4.79 Å². The van der Waals surface area contributed by atoms with E-state index in [-0.39, 0.29) is 18.3 Å². The van der Waals surface area contributed by atoms with Crippen LogP contribution in [-0.4, -0.2) is 19.6 Å². The normalized spacial score (nSPS) is 10.0. The molecule has 3 N–H and O–H groups in total. The highest BCUT2D eigenvalue weighted by molar-refractivity contribution is 5.91. The van der Waals surface area contributed by atoms with Crippen LogP contribution in [0.3, 0.4) is 0 Å². The number of para-hydroxylation sites is 1. The molecular formula is C20H27ClN2O2. The molecule has 136 valence electrons. The number of carbonyl (C=O) groups is 1. The Morgan fingerprint density at radius 3 is 2.56 bits per heavy atom. The molecule has 2 aromatic rings. The van der Waals surface area contributed by atoms with Crippen molar-refractivity contribution >= 4 is 24.0 Å². The standard InChI is InChI=1S/C20H26N2O2.ClH/c1-24-19-12-6-5-11-18(19)16-9-8-10-17(15-16)22-20(23)13-4-2-3-7-14-21;/h5-6,8-12,15H,2-4,7,13-14,21H2,1H3,(H,22,23);1H. The van der Waals surface area contributed by atoms with Gasteiger partial charge >= 0.3 is 0 Å². The Kier molecular flexibility index (Phi) is 9.66. The maximum atomic E-state index is 12.1. The molecule has 0 heterocycles. The van der Waals surface area contributed by atoms with E-state index in [0.29, 0.717) is 6.42 Å². The van der Waals surface area contributed by atoms with Crippen molar-refractivity contribution in [2.45, 2.75) is 32.1 Å². The number of methoxy groups -OCH3 is 1. The molecule has 0 saturated heterocycles. The number of rotatable bonds is 9. The number of amides is 1. The van der Waals surface area contributed by atoms with E-state index in [1.165, 1.54) is 0 Å². The molecule has 2 aromatic carbocycles. The summed E-state index contributed by atoms with van der Waals surface area (Å²) < 4.78 is 5.41. The maximum Gasteiger partial charge on any atom is 0.224 e. The molecule has 0 spiro atoms. The first-order valence-corrected chi connectivity index (χ1v) is 8.48. The number of nitrogens with one attached hydrogen (secondary N) is 1. The molecule has 0 fully saturated rings. The zero-order chi connectivity index (χ0) is 17.2. The summed E-state index contributed by atoms with van der Waals surface area (Å²) >= 11 is 0. The minimum atomic E-state index is 0. The highest BCUT2D eigenvalue weighted by Crippen LogP contribution is 2.31. The molecule has 0 aliphatic carbocycles. The lowest BCUT2D eigenvalue weighted by molar-refractivity contribution is -0.116. The fourth-order valence-corrected chi connectivity index (χ4v) is 2.65. The average molecular weight is 363 g/mol. The van der Waals surface area contributed by atoms with Gasteiger partial charge in [0.1, 0.15) is 5.75 Å². The summed E-state index contributed by atoms with van der Waals surface area (Å²) in [5.74, 6) is 0.876. The van der Waals surface area contributed by atoms with E-state index in [1.807, 2.05) is 48.5 Å². The van der Waals surface area contributed by atoms with Gasteiger partial charge in [-0.15, -0.1) is 12.4 Å². The summed E-state index contributed by atoms with van der Waals surface area (Å²) in [4.78, 5) is 12.1. The molecule has 0 aliphatic rings. The summed E-state index contributed by atoms with van der Waals surface area (Å²) in [6.45, 7) is 0.724. The number of halogens is 1. The second-order valence-corrected chi connectivity index (χ2v) is 5.78. The van der Waals surface area contributed by atoms with Crippen molar-refractivity contribution in [2.24, 2.45) is 5.73 Å². The lowest BCUT2D eigenvalue weighted by Gasteiger charge is -2.10. The maximum absolute atomic E-state index is 12.1. The van der Waals surface area contributed by atoms with Crippen LogP contribution in [0.15, 0.2) is 48.5 Å². The molecule has 0 radical (unpaired) electrons. The lowest BCUT2D eigenvalue weighted by Crippen LogP contribution is -2.11. The average Bonchev–Trinajstić information content (AvgIpc) is 2.61. The minimum absolute atomic E-state index is 0. The fourth-order valence-electron chi connectivity index (χ4n) is 2.65. The molecule has 5 heteroatoms. The van der Waals surface area contributed by atoms with Crippen LogP contribution in [0.2, 0.25) is 0 Å². The number of carbonyl (C=O) groups excluding carboxylic acids is 1. The summed E-state index contributed by atoms with van der Waals surface area (Å²) in [5.41, 5.74) is 8.31. The third kappa shape index (κ3) is 6.77. The number of ether oxygens (including phenoxy) is 1. The molecule has 1 amide bonds. The van der Waals surface area contributed by atoms with Gasteiger partial charge in [0.2, 0.25) is 5.91 Å². The Labute approximate surface area is 156 Å². The molecule has 0 bridgehead atoms. The van der Waals surface area contributed by atoms with E-state index in [1.54, 1.807) is 7.11 Å². The van der Waals surface area contributed by atoms with Gasteiger partial charge in [0.05, 0.1) is 7.11 Å². The molecule has 2 rings (SSSR count). The van der Waals surface area contributed by atoms with Gasteiger partial charge in [0.15, 0.2) is 0 Å². The molecular weight excluding hydrogens is 336 g/mol. The van der Waals surface area contributed by atoms with Gasteiger partial charge in [0, 0.05) is 17.7 Å². The van der Waals surface area contributed by atoms with E-state index in [9.17, 15) is 4.79 Å². The van der Waals surface area contributed by atoms with Gasteiger partial charge in [-0.25, -0.2) is 0 Å². The van der Waals surface area contributed by atoms with E-state index in [0.717, 1.165) is 54.8 Å². The van der Waals surface area contributed by atoms with Gasteiger partial charge < -0.3 is 15.8 Å². The number of nitrogens with two attached hydrogens (primary N) is 1. The lowest BCUT2D eigenvalue weighted by atomic mass is 10.0. The van der Waals surface area contributed by atoms with Crippen LogP contribution in [0.1, 0.15) is 32.1 Å². The van der Waals surface area contributed by atoms with E-state index in [4.69, 9.17) is 10.5 Å². The highest BCUT2D eigenvalue weighted by atomic mass is 35.5. The van der Waals surface area contributed by atoms with Crippen molar-refractivity contribution in [2.75, 3.05) is 19.0 Å². The van der Waals surface area contributed by atoms with Gasteiger partial charge in [0.25, 0.3) is 0 Å². The van der Waals surface area contributed by atoms with E-state index >= 15 is 0 Å². The van der Waals surface area contributed by atoms with Crippen LogP contribution in [0, 0.1) is 0 Å². The molecule has 0 aromatic heterocycles. The molecule has 0 saturated carbocycles.